The summed E-state index contributed by atoms with van der Waals surface area (Å²) < 4.78 is 2.41. The average molecular weight is 387 g/mol. The zero-order valence-electron chi connectivity index (χ0n) is 18.2. The molecule has 0 spiro atoms. The van der Waals surface area contributed by atoms with Crippen LogP contribution in [0.1, 0.15) is 65.7 Å². The lowest BCUT2D eigenvalue weighted by Crippen LogP contribution is -2.49. The van der Waals surface area contributed by atoms with Crippen LogP contribution in [0.2, 0.25) is 0 Å². The molecule has 6 rings (SSSR count). The molecule has 4 aliphatic rings. The predicted octanol–water partition coefficient (Wildman–Crippen LogP) is 7.09. The molecule has 1 heterocycles. The second-order valence-corrected chi connectivity index (χ2v) is 11.0. The minimum atomic E-state index is 0.286. The van der Waals surface area contributed by atoms with Crippen molar-refractivity contribution in [1.29, 1.82) is 0 Å². The van der Waals surface area contributed by atoms with Gasteiger partial charge >= 0.3 is 0 Å². The third-order valence-corrected chi connectivity index (χ3v) is 9.60. The maximum absolute atomic E-state index is 4.70. The molecule has 1 aromatic heterocycles. The van der Waals surface area contributed by atoms with Crippen molar-refractivity contribution in [2.45, 2.75) is 65.7 Å². The molecule has 0 aliphatic heterocycles. The van der Waals surface area contributed by atoms with Crippen molar-refractivity contribution < 1.29 is 0 Å². The van der Waals surface area contributed by atoms with Gasteiger partial charge in [-0.3, -0.25) is 0 Å². The molecule has 5 unspecified atom stereocenters. The van der Waals surface area contributed by atoms with Gasteiger partial charge in [0.25, 0.3) is 0 Å². The summed E-state index contributed by atoms with van der Waals surface area (Å²) in [6.07, 6.45) is 16.8. The average Bonchev–Trinajstić information content (AvgIpc) is 3.29. The fraction of sp³-hybridized carbons (Fsp3) is 0.593. The lowest BCUT2D eigenvalue weighted by Gasteiger charge is -2.57. The highest BCUT2D eigenvalue weighted by Gasteiger charge is 2.56. The first kappa shape index (κ1) is 18.0. The quantitative estimate of drug-likeness (QED) is 0.479. The van der Waals surface area contributed by atoms with Crippen molar-refractivity contribution in [2.24, 2.45) is 34.5 Å². The van der Waals surface area contributed by atoms with Crippen molar-refractivity contribution >= 4 is 16.7 Å². The Labute approximate surface area is 175 Å². The number of allylic oxidation sites excluding steroid dienone is 4. The highest BCUT2D eigenvalue weighted by atomic mass is 15.1. The molecule has 2 aromatic rings. The normalized spacial score (nSPS) is 41.3. The summed E-state index contributed by atoms with van der Waals surface area (Å²) in [4.78, 5) is 4.70. The van der Waals surface area contributed by atoms with Crippen LogP contribution in [0, 0.1) is 34.5 Å². The van der Waals surface area contributed by atoms with Crippen molar-refractivity contribution in [3.8, 4) is 0 Å². The van der Waals surface area contributed by atoms with E-state index in [0.717, 1.165) is 29.2 Å². The molecule has 6 atom stereocenters. The van der Waals surface area contributed by atoms with Crippen LogP contribution in [0.4, 0.5) is 0 Å². The Kier molecular flexibility index (Phi) is 3.78. The number of para-hydroxylation sites is 2. The van der Waals surface area contributed by atoms with Crippen LogP contribution < -0.4 is 0 Å². The molecule has 2 heteroatoms. The predicted molar refractivity (Wildman–Crippen MR) is 120 cm³/mol. The van der Waals surface area contributed by atoms with Gasteiger partial charge in [0, 0.05) is 11.1 Å². The van der Waals surface area contributed by atoms with Gasteiger partial charge in [-0.1, -0.05) is 50.6 Å². The first-order chi connectivity index (χ1) is 14.0. The fourth-order valence-corrected chi connectivity index (χ4v) is 7.91. The van der Waals surface area contributed by atoms with E-state index in [0.29, 0.717) is 5.41 Å². The van der Waals surface area contributed by atoms with Crippen LogP contribution in [0.15, 0.2) is 48.3 Å². The molecule has 2 fully saturated rings. The summed E-state index contributed by atoms with van der Waals surface area (Å²) >= 11 is 0. The van der Waals surface area contributed by atoms with Gasteiger partial charge in [-0.15, -0.1) is 0 Å². The van der Waals surface area contributed by atoms with E-state index in [4.69, 9.17) is 4.98 Å². The number of imidazole rings is 1. The van der Waals surface area contributed by atoms with Gasteiger partial charge in [-0.05, 0) is 86.2 Å². The molecule has 0 saturated heterocycles. The van der Waals surface area contributed by atoms with Crippen molar-refractivity contribution in [1.82, 2.24) is 9.55 Å². The van der Waals surface area contributed by atoms with Gasteiger partial charge < -0.3 is 4.57 Å². The Bertz CT molecular complexity index is 1030. The lowest BCUT2D eigenvalue weighted by atomic mass is 9.47. The zero-order chi connectivity index (χ0) is 19.8. The number of nitrogens with zero attached hydrogens (tertiary/aromatic N) is 2. The molecule has 2 nitrogen and oxygen atoms in total. The maximum Gasteiger partial charge on any atom is 0.100 e. The van der Waals surface area contributed by atoms with Gasteiger partial charge in [0.05, 0.1) is 11.0 Å². The zero-order valence-corrected chi connectivity index (χ0v) is 18.2. The summed E-state index contributed by atoms with van der Waals surface area (Å²) in [6, 6.07) is 8.60. The standard InChI is InChI=1S/C27H34N2/c1-18-12-14-26(2)19(16-18)8-9-20-21-10-11-25(27(21,3)15-13-22(20)26)29-17-28-23-6-4-5-7-24(23)29/h4-8,11,17-18,20-22H,9-10,12-16H2,1-3H3/t18-,20?,21?,22?,26?,27?/m0/s1. The molecule has 152 valence electrons. The summed E-state index contributed by atoms with van der Waals surface area (Å²) in [6.45, 7) is 7.63. The first-order valence-electron chi connectivity index (χ1n) is 11.8. The Morgan fingerprint density at radius 1 is 0.966 bits per heavy atom. The molecule has 4 aliphatic carbocycles. The smallest absolute Gasteiger partial charge is 0.100 e. The molecule has 0 bridgehead atoms. The monoisotopic (exact) mass is 386 g/mol. The topological polar surface area (TPSA) is 17.8 Å². The molecule has 0 amide bonds. The number of rotatable bonds is 1. The number of hydrogen-bond donors (Lipinski definition) is 0. The van der Waals surface area contributed by atoms with Gasteiger partial charge in [0.1, 0.15) is 6.33 Å². The fourth-order valence-electron chi connectivity index (χ4n) is 7.91. The molecule has 0 radical (unpaired) electrons. The SMILES string of the molecule is C[C@H]1CCC2(C)C(=CCC3C2CCC2(C)C(n4cnc5ccccc54)=CCC32)C1. The Morgan fingerprint density at radius 3 is 2.69 bits per heavy atom. The van der Waals surface area contributed by atoms with E-state index in [1.165, 1.54) is 56.2 Å². The van der Waals surface area contributed by atoms with E-state index in [2.05, 4.69) is 68.1 Å². The largest absolute Gasteiger partial charge is 0.302 e. The second kappa shape index (κ2) is 6.09. The summed E-state index contributed by atoms with van der Waals surface area (Å²) in [5.74, 6) is 3.40. The highest BCUT2D eigenvalue weighted by molar-refractivity contribution is 5.80. The van der Waals surface area contributed by atoms with Crippen molar-refractivity contribution in [3.05, 3.63) is 48.3 Å². The molecular formula is C27H34N2. The Hall–Kier alpha value is -1.83. The Balaban J connectivity index is 1.36. The number of aromatic nitrogens is 2. The van der Waals surface area contributed by atoms with E-state index in [-0.39, 0.29) is 5.41 Å². The minimum absolute atomic E-state index is 0.286. The minimum Gasteiger partial charge on any atom is -0.302 e. The number of benzene rings is 1. The van der Waals surface area contributed by atoms with Crippen LogP contribution in [-0.2, 0) is 0 Å². The molecule has 29 heavy (non-hydrogen) atoms. The molecular weight excluding hydrogens is 352 g/mol. The van der Waals surface area contributed by atoms with Crippen LogP contribution >= 0.6 is 0 Å². The van der Waals surface area contributed by atoms with Gasteiger partial charge in [0.15, 0.2) is 0 Å². The van der Waals surface area contributed by atoms with Crippen LogP contribution in [0.25, 0.3) is 16.7 Å². The van der Waals surface area contributed by atoms with Gasteiger partial charge in [-0.2, -0.15) is 0 Å². The van der Waals surface area contributed by atoms with E-state index in [1.54, 1.807) is 0 Å². The maximum atomic E-state index is 4.70. The van der Waals surface area contributed by atoms with Gasteiger partial charge in [-0.25, -0.2) is 4.98 Å². The van der Waals surface area contributed by atoms with Crippen molar-refractivity contribution in [2.75, 3.05) is 0 Å². The molecule has 2 saturated carbocycles. The summed E-state index contributed by atoms with van der Waals surface area (Å²) in [5.41, 5.74) is 6.47. The third kappa shape index (κ3) is 2.38. The van der Waals surface area contributed by atoms with Crippen LogP contribution in [0.3, 0.4) is 0 Å². The van der Waals surface area contributed by atoms with Gasteiger partial charge in [0.2, 0.25) is 0 Å². The van der Waals surface area contributed by atoms with Crippen LogP contribution in [-0.4, -0.2) is 9.55 Å². The second-order valence-electron chi connectivity index (χ2n) is 11.0. The van der Waals surface area contributed by atoms with E-state index < -0.39 is 0 Å². The van der Waals surface area contributed by atoms with E-state index in [1.807, 2.05) is 5.57 Å². The van der Waals surface area contributed by atoms with Crippen molar-refractivity contribution in [3.63, 3.8) is 0 Å². The molecule has 1 aromatic carbocycles. The Morgan fingerprint density at radius 2 is 1.79 bits per heavy atom. The first-order valence-corrected chi connectivity index (χ1v) is 11.8. The number of fused-ring (bicyclic) bond motifs is 6. The third-order valence-electron chi connectivity index (χ3n) is 9.60. The lowest BCUT2D eigenvalue weighted by molar-refractivity contribution is -0.0150. The van der Waals surface area contributed by atoms with E-state index in [9.17, 15) is 0 Å². The van der Waals surface area contributed by atoms with E-state index >= 15 is 0 Å². The summed E-state index contributed by atoms with van der Waals surface area (Å²) in [7, 11) is 0. The highest BCUT2D eigenvalue weighted by Crippen LogP contribution is 2.66. The number of hydrogen-bond acceptors (Lipinski definition) is 1. The van der Waals surface area contributed by atoms with Crippen LogP contribution in [0.5, 0.6) is 0 Å². The molecule has 0 N–H and O–H groups in total. The summed E-state index contributed by atoms with van der Waals surface area (Å²) in [5, 5.41) is 0.